The van der Waals surface area contributed by atoms with Gasteiger partial charge in [0.1, 0.15) is 5.69 Å². The van der Waals surface area contributed by atoms with E-state index in [4.69, 9.17) is 0 Å². The van der Waals surface area contributed by atoms with Gasteiger partial charge in [0.2, 0.25) is 0 Å². The number of anilines is 2. The first-order chi connectivity index (χ1) is 10.3. The molecule has 104 valence electrons. The zero-order valence-electron chi connectivity index (χ0n) is 11.0. The summed E-state index contributed by atoms with van der Waals surface area (Å²) in [5.74, 6) is 0. The van der Waals surface area contributed by atoms with Crippen LogP contribution in [-0.2, 0) is 0 Å². The normalized spacial score (nSPS) is 10.1. The molecule has 2 amide bonds. The highest BCUT2D eigenvalue weighted by Crippen LogP contribution is 2.20. The number of benzene rings is 2. The Morgan fingerprint density at radius 3 is 2.19 bits per heavy atom. The van der Waals surface area contributed by atoms with Gasteiger partial charge >= 0.3 is 6.03 Å². The van der Waals surface area contributed by atoms with Gasteiger partial charge in [0.05, 0.1) is 0 Å². The molecule has 0 spiro atoms. The van der Waals surface area contributed by atoms with Crippen LogP contribution in [0.15, 0.2) is 60.0 Å². The fourth-order valence-corrected chi connectivity index (χ4v) is 2.29. The number of nitrogens with one attached hydrogen (secondary N) is 2. The standard InChI is InChI=1S/C15H12N4OS/c20-15(16-12-4-2-1-3-5-12)17-13-8-6-11(7-9-13)14-10-21-19-18-14/h1-10H,(H2,16,17,20). The molecule has 3 aromatic rings. The molecular weight excluding hydrogens is 284 g/mol. The number of amides is 2. The van der Waals surface area contributed by atoms with E-state index in [0.29, 0.717) is 0 Å². The lowest BCUT2D eigenvalue weighted by atomic mass is 10.1. The maximum Gasteiger partial charge on any atom is 0.323 e. The van der Waals surface area contributed by atoms with Crippen molar-refractivity contribution in [3.05, 3.63) is 60.0 Å². The van der Waals surface area contributed by atoms with E-state index >= 15 is 0 Å². The molecular formula is C15H12N4OS. The molecule has 0 bridgehead atoms. The summed E-state index contributed by atoms with van der Waals surface area (Å²) >= 11 is 1.31. The molecule has 0 fully saturated rings. The fourth-order valence-electron chi connectivity index (χ4n) is 1.83. The predicted octanol–water partition coefficient (Wildman–Crippen LogP) is 3.85. The second-order valence-electron chi connectivity index (χ2n) is 4.31. The number of rotatable bonds is 3. The van der Waals surface area contributed by atoms with Crippen molar-refractivity contribution in [2.45, 2.75) is 0 Å². The van der Waals surface area contributed by atoms with Crippen LogP contribution in [-0.4, -0.2) is 15.6 Å². The van der Waals surface area contributed by atoms with Gasteiger partial charge in [0.25, 0.3) is 0 Å². The number of para-hydroxylation sites is 1. The number of aromatic nitrogens is 2. The Morgan fingerprint density at radius 2 is 1.57 bits per heavy atom. The van der Waals surface area contributed by atoms with E-state index < -0.39 is 0 Å². The molecule has 0 saturated heterocycles. The van der Waals surface area contributed by atoms with Crippen LogP contribution in [0, 0.1) is 0 Å². The van der Waals surface area contributed by atoms with Crippen LogP contribution in [0.5, 0.6) is 0 Å². The van der Waals surface area contributed by atoms with E-state index in [-0.39, 0.29) is 6.03 Å². The summed E-state index contributed by atoms with van der Waals surface area (Å²) in [7, 11) is 0. The van der Waals surface area contributed by atoms with Gasteiger partial charge in [-0.15, -0.1) is 5.10 Å². The molecule has 6 heteroatoms. The van der Waals surface area contributed by atoms with Crippen molar-refractivity contribution in [1.82, 2.24) is 9.59 Å². The summed E-state index contributed by atoms with van der Waals surface area (Å²) in [5.41, 5.74) is 3.27. The van der Waals surface area contributed by atoms with Gasteiger partial charge in [-0.2, -0.15) is 0 Å². The van der Waals surface area contributed by atoms with Gasteiger partial charge in [0.15, 0.2) is 0 Å². The van der Waals surface area contributed by atoms with E-state index in [1.807, 2.05) is 60.0 Å². The van der Waals surface area contributed by atoms with Crippen molar-refractivity contribution in [3.8, 4) is 11.3 Å². The second-order valence-corrected chi connectivity index (χ2v) is 4.92. The Morgan fingerprint density at radius 1 is 0.905 bits per heavy atom. The number of nitrogens with zero attached hydrogens (tertiary/aromatic N) is 2. The number of carbonyl (C=O) groups is 1. The van der Waals surface area contributed by atoms with Crippen molar-refractivity contribution in [1.29, 1.82) is 0 Å². The lowest BCUT2D eigenvalue weighted by molar-refractivity contribution is 0.262. The topological polar surface area (TPSA) is 66.9 Å². The minimum atomic E-state index is -0.274. The molecule has 2 aromatic carbocycles. The Labute approximate surface area is 125 Å². The number of carbonyl (C=O) groups excluding carboxylic acids is 1. The first-order valence-electron chi connectivity index (χ1n) is 6.32. The van der Waals surface area contributed by atoms with E-state index in [0.717, 1.165) is 22.6 Å². The number of hydrogen-bond acceptors (Lipinski definition) is 4. The van der Waals surface area contributed by atoms with Gasteiger partial charge in [-0.25, -0.2) is 4.79 Å². The minimum Gasteiger partial charge on any atom is -0.308 e. The fraction of sp³-hybridized carbons (Fsp3) is 0. The molecule has 1 heterocycles. The highest BCUT2D eigenvalue weighted by molar-refractivity contribution is 7.03. The molecule has 3 rings (SSSR count). The Bertz CT molecular complexity index is 711. The maximum absolute atomic E-state index is 11.9. The zero-order valence-corrected chi connectivity index (χ0v) is 11.8. The third-order valence-corrected chi connectivity index (χ3v) is 3.33. The van der Waals surface area contributed by atoms with E-state index in [1.165, 1.54) is 11.5 Å². The minimum absolute atomic E-state index is 0.274. The summed E-state index contributed by atoms with van der Waals surface area (Å²) in [6.07, 6.45) is 0. The third-order valence-electron chi connectivity index (χ3n) is 2.83. The van der Waals surface area contributed by atoms with Crippen LogP contribution in [0.2, 0.25) is 0 Å². The van der Waals surface area contributed by atoms with Crippen molar-refractivity contribution < 1.29 is 4.79 Å². The quantitative estimate of drug-likeness (QED) is 0.771. The predicted molar refractivity (Wildman–Crippen MR) is 84.4 cm³/mol. The zero-order chi connectivity index (χ0) is 14.5. The molecule has 0 aliphatic rings. The van der Waals surface area contributed by atoms with Crippen LogP contribution < -0.4 is 10.6 Å². The monoisotopic (exact) mass is 296 g/mol. The first-order valence-corrected chi connectivity index (χ1v) is 7.15. The summed E-state index contributed by atoms with van der Waals surface area (Å²) in [5, 5.41) is 11.4. The van der Waals surface area contributed by atoms with Crippen LogP contribution in [0.3, 0.4) is 0 Å². The molecule has 0 unspecified atom stereocenters. The van der Waals surface area contributed by atoms with Crippen LogP contribution in [0.4, 0.5) is 16.2 Å². The van der Waals surface area contributed by atoms with Crippen LogP contribution in [0.1, 0.15) is 0 Å². The lowest BCUT2D eigenvalue weighted by Gasteiger charge is -2.07. The summed E-state index contributed by atoms with van der Waals surface area (Å²) in [4.78, 5) is 11.9. The van der Waals surface area contributed by atoms with E-state index in [1.54, 1.807) is 0 Å². The number of hydrogen-bond donors (Lipinski definition) is 2. The average Bonchev–Trinajstić information content (AvgIpc) is 3.03. The smallest absolute Gasteiger partial charge is 0.308 e. The molecule has 2 N–H and O–H groups in total. The highest BCUT2D eigenvalue weighted by Gasteiger charge is 2.04. The van der Waals surface area contributed by atoms with Crippen LogP contribution in [0.25, 0.3) is 11.3 Å². The molecule has 0 radical (unpaired) electrons. The molecule has 0 aliphatic heterocycles. The summed E-state index contributed by atoms with van der Waals surface area (Å²) < 4.78 is 3.83. The van der Waals surface area contributed by atoms with Gasteiger partial charge in [-0.1, -0.05) is 34.8 Å². The summed E-state index contributed by atoms with van der Waals surface area (Å²) in [6.45, 7) is 0. The molecule has 0 saturated carbocycles. The molecule has 21 heavy (non-hydrogen) atoms. The second kappa shape index (κ2) is 6.15. The lowest BCUT2D eigenvalue weighted by Crippen LogP contribution is -2.19. The first kappa shape index (κ1) is 13.3. The molecule has 1 aromatic heterocycles. The average molecular weight is 296 g/mol. The molecule has 5 nitrogen and oxygen atoms in total. The Balaban J connectivity index is 1.64. The van der Waals surface area contributed by atoms with Crippen molar-refractivity contribution >= 4 is 28.9 Å². The highest BCUT2D eigenvalue weighted by atomic mass is 32.1. The van der Waals surface area contributed by atoms with Crippen molar-refractivity contribution in [2.24, 2.45) is 0 Å². The van der Waals surface area contributed by atoms with Crippen molar-refractivity contribution in [2.75, 3.05) is 10.6 Å². The van der Waals surface area contributed by atoms with Gasteiger partial charge in [-0.05, 0) is 35.8 Å². The van der Waals surface area contributed by atoms with Gasteiger partial charge < -0.3 is 10.6 Å². The maximum atomic E-state index is 11.9. The van der Waals surface area contributed by atoms with Crippen LogP contribution >= 0.6 is 11.5 Å². The van der Waals surface area contributed by atoms with Gasteiger partial charge in [0, 0.05) is 22.3 Å². The molecule has 0 aliphatic carbocycles. The Hall–Kier alpha value is -2.73. The van der Waals surface area contributed by atoms with Gasteiger partial charge in [-0.3, -0.25) is 0 Å². The number of urea groups is 1. The van der Waals surface area contributed by atoms with Crippen molar-refractivity contribution in [3.63, 3.8) is 0 Å². The van der Waals surface area contributed by atoms with E-state index in [2.05, 4.69) is 20.2 Å². The molecule has 0 atom stereocenters. The summed E-state index contributed by atoms with van der Waals surface area (Å²) in [6, 6.07) is 16.5. The Kier molecular flexibility index (Phi) is 3.88. The SMILES string of the molecule is O=C(Nc1ccccc1)Nc1ccc(-c2csnn2)cc1. The van der Waals surface area contributed by atoms with E-state index in [9.17, 15) is 4.79 Å². The largest absolute Gasteiger partial charge is 0.323 e. The third kappa shape index (κ3) is 3.43.